The number of benzene rings is 1. The first kappa shape index (κ1) is 16.8. The number of halogens is 3. The molecule has 1 aliphatic rings. The number of likely N-dealkylation sites (N-methyl/N-ethyl adjacent to an activating group) is 1. The zero-order valence-corrected chi connectivity index (χ0v) is 14.6. The largest absolute Gasteiger partial charge is 0.497 e. The molecule has 22 heavy (non-hydrogen) atoms. The van der Waals surface area contributed by atoms with E-state index in [9.17, 15) is 9.59 Å². The number of anilines is 1. The molecule has 9 heteroatoms. The van der Waals surface area contributed by atoms with E-state index in [1.165, 1.54) is 14.2 Å². The molecule has 0 aliphatic carbocycles. The van der Waals surface area contributed by atoms with Gasteiger partial charge >= 0.3 is 11.9 Å². The number of amides is 3. The summed E-state index contributed by atoms with van der Waals surface area (Å²) in [5.41, 5.74) is 0.378. The molecule has 3 amide bonds. The SMILES string of the molecule is COc1cccc(N2C(=O)C(=NC(Br)=C(Cl)Cl)N(C)C2=O)c1. The summed E-state index contributed by atoms with van der Waals surface area (Å²) in [4.78, 5) is 30.8. The third kappa shape index (κ3) is 3.11. The second kappa shape index (κ2) is 6.68. The minimum absolute atomic E-state index is 0.0614. The summed E-state index contributed by atoms with van der Waals surface area (Å²) >= 11 is 14.2. The lowest BCUT2D eigenvalue weighted by atomic mass is 10.3. The number of carbonyl (C=O) groups excluding carboxylic acids is 2. The molecule has 116 valence electrons. The molecule has 1 heterocycles. The van der Waals surface area contributed by atoms with Gasteiger partial charge in [-0.05, 0) is 28.1 Å². The van der Waals surface area contributed by atoms with Crippen molar-refractivity contribution < 1.29 is 14.3 Å². The fourth-order valence-corrected chi connectivity index (χ4v) is 2.06. The first-order valence-electron chi connectivity index (χ1n) is 5.92. The summed E-state index contributed by atoms with van der Waals surface area (Å²) < 4.78 is 5.00. The number of hydrogen-bond donors (Lipinski definition) is 0. The Morgan fingerprint density at radius 1 is 1.32 bits per heavy atom. The molecule has 1 aliphatic heterocycles. The molecule has 1 aromatic rings. The van der Waals surface area contributed by atoms with E-state index in [0.717, 1.165) is 9.80 Å². The number of rotatable bonds is 3. The number of nitrogens with zero attached hydrogens (tertiary/aromatic N) is 3. The predicted octanol–water partition coefficient (Wildman–Crippen LogP) is 3.49. The number of aliphatic imine (C=N–C) groups is 1. The summed E-state index contributed by atoms with van der Waals surface area (Å²) in [5, 5.41) is 0. The Hall–Kier alpha value is -1.57. The van der Waals surface area contributed by atoms with Crippen molar-refractivity contribution in [2.24, 2.45) is 4.99 Å². The molecule has 0 unspecified atom stereocenters. The van der Waals surface area contributed by atoms with Crippen molar-refractivity contribution in [2.45, 2.75) is 0 Å². The molecule has 0 bridgehead atoms. The minimum Gasteiger partial charge on any atom is -0.497 e. The molecular formula is C13H10BrCl2N3O3. The lowest BCUT2D eigenvalue weighted by Gasteiger charge is -2.13. The Labute approximate surface area is 145 Å². The zero-order chi connectivity index (χ0) is 16.4. The van der Waals surface area contributed by atoms with E-state index >= 15 is 0 Å². The molecule has 1 saturated heterocycles. The molecule has 0 saturated carbocycles. The average Bonchev–Trinajstić information content (AvgIpc) is 2.71. The van der Waals surface area contributed by atoms with Crippen LogP contribution in [-0.2, 0) is 4.79 Å². The molecular weight excluding hydrogens is 397 g/mol. The summed E-state index contributed by atoms with van der Waals surface area (Å²) in [6.45, 7) is 0. The van der Waals surface area contributed by atoms with Crippen molar-refractivity contribution in [3.63, 3.8) is 0 Å². The maximum Gasteiger partial charge on any atom is 0.337 e. The number of urea groups is 1. The number of carbonyl (C=O) groups is 2. The highest BCUT2D eigenvalue weighted by Gasteiger charge is 2.41. The van der Waals surface area contributed by atoms with Gasteiger partial charge < -0.3 is 4.74 Å². The van der Waals surface area contributed by atoms with Gasteiger partial charge in [0.1, 0.15) is 14.8 Å². The van der Waals surface area contributed by atoms with Crippen molar-refractivity contribution in [1.82, 2.24) is 4.90 Å². The van der Waals surface area contributed by atoms with Crippen molar-refractivity contribution in [3.05, 3.63) is 33.4 Å². The van der Waals surface area contributed by atoms with Crippen LogP contribution in [0.2, 0.25) is 0 Å². The van der Waals surface area contributed by atoms with E-state index in [1.807, 2.05) is 0 Å². The highest BCUT2D eigenvalue weighted by molar-refractivity contribution is 9.11. The van der Waals surface area contributed by atoms with E-state index in [-0.39, 0.29) is 14.9 Å². The summed E-state index contributed by atoms with van der Waals surface area (Å²) in [5.74, 6) is -0.165. The van der Waals surface area contributed by atoms with E-state index in [1.54, 1.807) is 24.3 Å². The van der Waals surface area contributed by atoms with Crippen molar-refractivity contribution in [3.8, 4) is 5.75 Å². The van der Waals surface area contributed by atoms with Crippen LogP contribution in [0, 0.1) is 0 Å². The van der Waals surface area contributed by atoms with Gasteiger partial charge in [0.25, 0.3) is 0 Å². The molecule has 6 nitrogen and oxygen atoms in total. The summed E-state index contributed by atoms with van der Waals surface area (Å²) in [6, 6.07) is 6.04. The van der Waals surface area contributed by atoms with Gasteiger partial charge in [0.05, 0.1) is 12.8 Å². The lowest BCUT2D eigenvalue weighted by Crippen LogP contribution is -2.31. The zero-order valence-electron chi connectivity index (χ0n) is 11.5. The fourth-order valence-electron chi connectivity index (χ4n) is 1.81. The number of methoxy groups -OCH3 is 1. The van der Waals surface area contributed by atoms with Gasteiger partial charge in [0.15, 0.2) is 0 Å². The standard InChI is InChI=1S/C13H10BrCl2N3O3/c1-18-11(17-9(14)10(15)16)12(20)19(13(18)21)7-4-3-5-8(6-7)22-2/h3-6H,1-2H3. The van der Waals surface area contributed by atoms with Crippen LogP contribution in [0.15, 0.2) is 38.4 Å². The maximum absolute atomic E-state index is 12.4. The number of amidine groups is 1. The first-order chi connectivity index (χ1) is 10.4. The van der Waals surface area contributed by atoms with Gasteiger partial charge in [-0.2, -0.15) is 0 Å². The quantitative estimate of drug-likeness (QED) is 0.570. The topological polar surface area (TPSA) is 62.2 Å². The maximum atomic E-state index is 12.4. The van der Waals surface area contributed by atoms with Gasteiger partial charge in [-0.1, -0.05) is 29.3 Å². The van der Waals surface area contributed by atoms with Crippen LogP contribution >= 0.6 is 39.1 Å². The number of imide groups is 1. The molecule has 1 fully saturated rings. The second-order valence-corrected chi connectivity index (χ2v) is 5.87. The first-order valence-corrected chi connectivity index (χ1v) is 7.47. The van der Waals surface area contributed by atoms with Crippen LogP contribution in [0.4, 0.5) is 10.5 Å². The van der Waals surface area contributed by atoms with Gasteiger partial charge in [-0.25, -0.2) is 14.7 Å². The lowest BCUT2D eigenvalue weighted by molar-refractivity contribution is -0.111. The fraction of sp³-hybridized carbons (Fsp3) is 0.154. The number of ether oxygens (including phenoxy) is 1. The van der Waals surface area contributed by atoms with Gasteiger partial charge in [0.2, 0.25) is 5.84 Å². The van der Waals surface area contributed by atoms with Crippen molar-refractivity contribution in [1.29, 1.82) is 0 Å². The third-order valence-electron chi connectivity index (χ3n) is 2.86. The van der Waals surface area contributed by atoms with E-state index in [4.69, 9.17) is 27.9 Å². The highest BCUT2D eigenvalue weighted by atomic mass is 79.9. The molecule has 0 N–H and O–H groups in total. The molecule has 0 radical (unpaired) electrons. The predicted molar refractivity (Wildman–Crippen MR) is 88.7 cm³/mol. The smallest absolute Gasteiger partial charge is 0.337 e. The van der Waals surface area contributed by atoms with Crippen LogP contribution in [0.25, 0.3) is 0 Å². The Bertz CT molecular complexity index is 702. The Morgan fingerprint density at radius 3 is 2.59 bits per heavy atom. The average molecular weight is 407 g/mol. The van der Waals surface area contributed by atoms with Crippen LogP contribution in [0.3, 0.4) is 0 Å². The normalized spacial score (nSPS) is 16.5. The van der Waals surface area contributed by atoms with Crippen LogP contribution in [0.1, 0.15) is 0 Å². The summed E-state index contributed by atoms with van der Waals surface area (Å²) in [7, 11) is 2.93. The molecule has 0 atom stereocenters. The number of hydrogen-bond acceptors (Lipinski definition) is 4. The Balaban J connectivity index is 2.45. The van der Waals surface area contributed by atoms with Crippen molar-refractivity contribution in [2.75, 3.05) is 19.1 Å². The molecule has 2 rings (SSSR count). The van der Waals surface area contributed by atoms with Crippen LogP contribution in [0.5, 0.6) is 5.75 Å². The monoisotopic (exact) mass is 405 g/mol. The van der Waals surface area contributed by atoms with E-state index in [2.05, 4.69) is 20.9 Å². The second-order valence-electron chi connectivity index (χ2n) is 4.17. The molecule has 0 spiro atoms. The van der Waals surface area contributed by atoms with Gasteiger partial charge in [-0.3, -0.25) is 9.69 Å². The highest BCUT2D eigenvalue weighted by Crippen LogP contribution is 2.27. The Morgan fingerprint density at radius 2 is 2.00 bits per heavy atom. The minimum atomic E-state index is -0.590. The third-order valence-corrected chi connectivity index (χ3v) is 4.25. The molecule has 0 aromatic heterocycles. The van der Waals surface area contributed by atoms with Crippen LogP contribution < -0.4 is 9.64 Å². The van der Waals surface area contributed by atoms with E-state index < -0.39 is 11.9 Å². The molecule has 1 aromatic carbocycles. The van der Waals surface area contributed by atoms with Crippen molar-refractivity contribution >= 4 is 62.6 Å². The van der Waals surface area contributed by atoms with Gasteiger partial charge in [0, 0.05) is 13.1 Å². The van der Waals surface area contributed by atoms with Gasteiger partial charge in [-0.15, -0.1) is 0 Å². The summed E-state index contributed by atoms with van der Waals surface area (Å²) in [6.07, 6.45) is 0. The van der Waals surface area contributed by atoms with E-state index in [0.29, 0.717) is 11.4 Å². The van der Waals surface area contributed by atoms with Crippen LogP contribution in [-0.4, -0.2) is 36.8 Å². The Kier molecular flexibility index (Phi) is 5.10.